The molecule has 1 aromatic carbocycles. The Kier molecular flexibility index (Phi) is 6.29. The predicted octanol–water partition coefficient (Wildman–Crippen LogP) is 1.59. The lowest BCUT2D eigenvalue weighted by molar-refractivity contribution is -0.141. The number of benzene rings is 1. The summed E-state index contributed by atoms with van der Waals surface area (Å²) in [5.74, 6) is 0.0359. The Morgan fingerprint density at radius 2 is 2.17 bits per heavy atom. The Morgan fingerprint density at radius 1 is 1.43 bits per heavy atom. The molecule has 0 spiro atoms. The first-order valence-corrected chi connectivity index (χ1v) is 8.50. The topological polar surface area (TPSA) is 75.7 Å². The number of thioether (sulfide) groups is 1. The van der Waals surface area contributed by atoms with E-state index in [1.165, 1.54) is 23.8 Å². The lowest BCUT2D eigenvalue weighted by Crippen LogP contribution is -2.40. The molecule has 0 aliphatic carbocycles. The van der Waals surface area contributed by atoms with E-state index in [4.69, 9.17) is 11.6 Å². The second-order valence-electron chi connectivity index (χ2n) is 4.99. The van der Waals surface area contributed by atoms with Crippen molar-refractivity contribution in [3.05, 3.63) is 34.9 Å². The van der Waals surface area contributed by atoms with Gasteiger partial charge in [0.1, 0.15) is 6.54 Å². The molecule has 1 N–H and O–H groups in total. The van der Waals surface area contributed by atoms with E-state index in [1.54, 1.807) is 24.3 Å². The molecule has 0 saturated carbocycles. The first kappa shape index (κ1) is 17.6. The minimum absolute atomic E-state index is 0.0331. The molecule has 0 bridgehead atoms. The molecule has 1 aliphatic heterocycles. The Morgan fingerprint density at radius 3 is 2.78 bits per heavy atom. The number of ether oxygens (including phenoxy) is 1. The normalized spacial score (nSPS) is 15.4. The van der Waals surface area contributed by atoms with Crippen LogP contribution in [0.1, 0.15) is 18.0 Å². The number of halogens is 1. The number of nitrogens with zero attached hydrogens (tertiary/aromatic N) is 1. The first-order valence-electron chi connectivity index (χ1n) is 6.97. The number of rotatable bonds is 6. The zero-order valence-corrected chi connectivity index (χ0v) is 14.2. The summed E-state index contributed by atoms with van der Waals surface area (Å²) in [6.07, 6.45) is -0.0331. The zero-order valence-electron chi connectivity index (χ0n) is 12.6. The molecule has 1 saturated heterocycles. The Labute approximate surface area is 143 Å². The van der Waals surface area contributed by atoms with Crippen LogP contribution in [-0.2, 0) is 19.1 Å². The lowest BCUT2D eigenvalue weighted by atomic mass is 10.0. The number of hydrogen-bond acceptors (Lipinski definition) is 5. The average molecular weight is 357 g/mol. The highest BCUT2D eigenvalue weighted by Crippen LogP contribution is 2.25. The molecule has 1 fully saturated rings. The van der Waals surface area contributed by atoms with E-state index in [9.17, 15) is 14.4 Å². The minimum Gasteiger partial charge on any atom is -0.469 e. The molecule has 1 aliphatic rings. The fourth-order valence-corrected chi connectivity index (χ4v) is 3.37. The fraction of sp³-hybridized carbons (Fsp3) is 0.400. The average Bonchev–Trinajstić information content (AvgIpc) is 2.92. The summed E-state index contributed by atoms with van der Waals surface area (Å²) >= 11 is 7.62. The molecule has 2 amide bonds. The van der Waals surface area contributed by atoms with Gasteiger partial charge in [0.2, 0.25) is 11.8 Å². The van der Waals surface area contributed by atoms with E-state index in [2.05, 4.69) is 10.1 Å². The lowest BCUT2D eigenvalue weighted by Gasteiger charge is -2.21. The van der Waals surface area contributed by atoms with Crippen LogP contribution in [0.3, 0.4) is 0 Å². The van der Waals surface area contributed by atoms with E-state index in [0.29, 0.717) is 22.2 Å². The van der Waals surface area contributed by atoms with Crippen LogP contribution in [0.25, 0.3) is 0 Å². The number of nitrogens with one attached hydrogen (secondary N) is 1. The van der Waals surface area contributed by atoms with Gasteiger partial charge in [0.25, 0.3) is 0 Å². The van der Waals surface area contributed by atoms with E-state index < -0.39 is 12.0 Å². The number of amides is 2. The van der Waals surface area contributed by atoms with Crippen LogP contribution >= 0.6 is 23.4 Å². The largest absolute Gasteiger partial charge is 0.469 e. The minimum atomic E-state index is -0.603. The highest BCUT2D eigenvalue weighted by Gasteiger charge is 2.26. The molecule has 0 unspecified atom stereocenters. The van der Waals surface area contributed by atoms with Gasteiger partial charge >= 0.3 is 5.97 Å². The fourth-order valence-electron chi connectivity index (χ4n) is 2.20. The number of methoxy groups -OCH3 is 1. The monoisotopic (exact) mass is 356 g/mol. The van der Waals surface area contributed by atoms with Gasteiger partial charge in [0.05, 0.1) is 31.2 Å². The first-order chi connectivity index (χ1) is 11.0. The van der Waals surface area contributed by atoms with Gasteiger partial charge in [0.15, 0.2) is 0 Å². The van der Waals surface area contributed by atoms with Crippen LogP contribution in [0.5, 0.6) is 0 Å². The zero-order chi connectivity index (χ0) is 16.8. The molecule has 2 rings (SSSR count). The molecule has 23 heavy (non-hydrogen) atoms. The van der Waals surface area contributed by atoms with Gasteiger partial charge in [-0.3, -0.25) is 14.4 Å². The summed E-state index contributed by atoms with van der Waals surface area (Å²) in [7, 11) is 1.29. The maximum atomic E-state index is 12.2. The Balaban J connectivity index is 2.08. The molecule has 1 aromatic rings. The summed E-state index contributed by atoms with van der Waals surface area (Å²) in [4.78, 5) is 36.8. The van der Waals surface area contributed by atoms with Crippen LogP contribution in [0.2, 0.25) is 5.02 Å². The van der Waals surface area contributed by atoms with E-state index in [-0.39, 0.29) is 24.8 Å². The maximum absolute atomic E-state index is 12.2. The van der Waals surface area contributed by atoms with Gasteiger partial charge < -0.3 is 15.0 Å². The highest BCUT2D eigenvalue weighted by molar-refractivity contribution is 8.00. The number of esters is 1. The molecule has 1 atom stereocenters. The summed E-state index contributed by atoms with van der Waals surface area (Å²) in [6, 6.07) is 6.37. The van der Waals surface area contributed by atoms with Crippen molar-refractivity contribution in [1.29, 1.82) is 0 Å². The van der Waals surface area contributed by atoms with Crippen molar-refractivity contribution >= 4 is 41.1 Å². The second kappa shape index (κ2) is 8.21. The third-order valence-electron chi connectivity index (χ3n) is 3.37. The van der Waals surface area contributed by atoms with Gasteiger partial charge in [-0.1, -0.05) is 29.8 Å². The van der Waals surface area contributed by atoms with E-state index >= 15 is 0 Å². The van der Waals surface area contributed by atoms with Crippen molar-refractivity contribution < 1.29 is 19.1 Å². The molecule has 0 aromatic heterocycles. The van der Waals surface area contributed by atoms with Crippen LogP contribution in [0, 0.1) is 0 Å². The molecule has 0 radical (unpaired) electrons. The maximum Gasteiger partial charge on any atom is 0.307 e. The third-order valence-corrected chi connectivity index (χ3v) is 4.66. The SMILES string of the molecule is COC(=O)C[C@@H](NC(=O)CN1CSCC1=O)c1ccccc1Cl. The number of carbonyl (C=O) groups excluding carboxylic acids is 3. The summed E-state index contributed by atoms with van der Waals surface area (Å²) in [5, 5.41) is 3.21. The van der Waals surface area contributed by atoms with Gasteiger partial charge in [-0.2, -0.15) is 0 Å². The molecule has 1 heterocycles. The van der Waals surface area contributed by atoms with Crippen molar-refractivity contribution in [3.8, 4) is 0 Å². The quantitative estimate of drug-likeness (QED) is 0.783. The Bertz CT molecular complexity index is 611. The Hall–Kier alpha value is -1.73. The van der Waals surface area contributed by atoms with Crippen molar-refractivity contribution in [1.82, 2.24) is 10.2 Å². The van der Waals surface area contributed by atoms with Crippen molar-refractivity contribution in [2.45, 2.75) is 12.5 Å². The number of hydrogen-bond donors (Lipinski definition) is 1. The van der Waals surface area contributed by atoms with Crippen LogP contribution in [0.15, 0.2) is 24.3 Å². The molecule has 124 valence electrons. The van der Waals surface area contributed by atoms with Crippen LogP contribution in [0.4, 0.5) is 0 Å². The molecular formula is C15H17ClN2O4S. The van der Waals surface area contributed by atoms with E-state index in [1.807, 2.05) is 0 Å². The second-order valence-corrected chi connectivity index (χ2v) is 6.35. The summed E-state index contributed by atoms with van der Waals surface area (Å²) in [5.41, 5.74) is 0.634. The third kappa shape index (κ3) is 4.87. The van der Waals surface area contributed by atoms with Crippen molar-refractivity contribution in [2.24, 2.45) is 0 Å². The van der Waals surface area contributed by atoms with Crippen molar-refractivity contribution in [3.63, 3.8) is 0 Å². The van der Waals surface area contributed by atoms with Crippen molar-refractivity contribution in [2.75, 3.05) is 25.3 Å². The number of carbonyl (C=O) groups is 3. The van der Waals surface area contributed by atoms with E-state index in [0.717, 1.165) is 0 Å². The summed E-state index contributed by atoms with van der Waals surface area (Å²) in [6.45, 7) is -0.0338. The molecule has 6 nitrogen and oxygen atoms in total. The van der Waals surface area contributed by atoms with Gasteiger partial charge in [-0.05, 0) is 11.6 Å². The van der Waals surface area contributed by atoms with Crippen LogP contribution < -0.4 is 5.32 Å². The van der Waals surface area contributed by atoms with Gasteiger partial charge in [-0.25, -0.2) is 0 Å². The van der Waals surface area contributed by atoms with Gasteiger partial charge in [0, 0.05) is 5.02 Å². The molecule has 8 heteroatoms. The van der Waals surface area contributed by atoms with Crippen LogP contribution in [-0.4, -0.2) is 48.0 Å². The highest BCUT2D eigenvalue weighted by atomic mass is 35.5. The predicted molar refractivity (Wildman–Crippen MR) is 88.0 cm³/mol. The van der Waals surface area contributed by atoms with Gasteiger partial charge in [-0.15, -0.1) is 11.8 Å². The molecular weight excluding hydrogens is 340 g/mol. The summed E-state index contributed by atoms with van der Waals surface area (Å²) < 4.78 is 4.67. The standard InChI is InChI=1S/C15H17ClN2O4S/c1-22-15(21)6-12(10-4-2-3-5-11(10)16)17-13(19)7-18-9-23-8-14(18)20/h2-5,12H,6-9H2,1H3,(H,17,19)/t12-/m1/s1. The smallest absolute Gasteiger partial charge is 0.307 e.